The Morgan fingerprint density at radius 3 is 0.768 bits per heavy atom. The molecule has 0 heterocycles. The van der Waals surface area contributed by atoms with Crippen molar-refractivity contribution in [2.24, 2.45) is 0 Å². The Labute approximate surface area is 503 Å². The van der Waals surface area contributed by atoms with Crippen LogP contribution in [0.3, 0.4) is 0 Å². The smallest absolute Gasteiger partial charge is 0.306 e. The topological polar surface area (TPSA) is 78.9 Å². The molecule has 82 heavy (non-hydrogen) atoms. The van der Waals surface area contributed by atoms with Gasteiger partial charge in [-0.1, -0.05) is 273 Å². The monoisotopic (exact) mass is 1120 g/mol. The maximum absolute atomic E-state index is 12.9. The number of hydrogen-bond donors (Lipinski definition) is 0. The summed E-state index contributed by atoms with van der Waals surface area (Å²) < 4.78 is 16.8. The molecule has 0 aliphatic heterocycles. The van der Waals surface area contributed by atoms with E-state index in [9.17, 15) is 14.4 Å². The highest BCUT2D eigenvalue weighted by Gasteiger charge is 2.19. The average Bonchev–Trinajstić information content (AvgIpc) is 3.47. The summed E-state index contributed by atoms with van der Waals surface area (Å²) >= 11 is 0. The van der Waals surface area contributed by atoms with E-state index in [0.29, 0.717) is 12.8 Å². The van der Waals surface area contributed by atoms with Crippen molar-refractivity contribution in [3.05, 3.63) is 194 Å². The molecule has 1 atom stereocenters. The molecule has 0 saturated carbocycles. The summed E-state index contributed by atoms with van der Waals surface area (Å²) in [7, 11) is 0. The quantitative estimate of drug-likeness (QED) is 0.0261. The molecule has 0 aliphatic rings. The van der Waals surface area contributed by atoms with E-state index in [-0.39, 0.29) is 44.0 Å². The van der Waals surface area contributed by atoms with E-state index in [4.69, 9.17) is 14.2 Å². The summed E-state index contributed by atoms with van der Waals surface area (Å²) in [5, 5.41) is 0. The normalized spacial score (nSPS) is 13.5. The van der Waals surface area contributed by atoms with E-state index in [0.717, 1.165) is 167 Å². The van der Waals surface area contributed by atoms with Gasteiger partial charge in [0.15, 0.2) is 6.10 Å². The number of unbranched alkanes of at least 4 members (excludes halogenated alkanes) is 13. The van der Waals surface area contributed by atoms with Crippen LogP contribution in [-0.2, 0) is 28.6 Å². The zero-order chi connectivity index (χ0) is 59.2. The Hall–Kier alpha value is -5.75. The Bertz CT molecular complexity index is 1970. The number of hydrogen-bond acceptors (Lipinski definition) is 6. The van der Waals surface area contributed by atoms with Gasteiger partial charge in [-0.3, -0.25) is 14.4 Å². The number of ether oxygens (including phenoxy) is 3. The fraction of sp³-hybridized carbons (Fsp3) is 0.539. The molecule has 0 aliphatic carbocycles. The van der Waals surface area contributed by atoms with E-state index in [1.165, 1.54) is 32.1 Å². The summed E-state index contributed by atoms with van der Waals surface area (Å²) in [6, 6.07) is 0. The minimum atomic E-state index is -0.819. The van der Waals surface area contributed by atoms with E-state index < -0.39 is 6.10 Å². The summed E-state index contributed by atoms with van der Waals surface area (Å²) in [5.74, 6) is -0.997. The largest absolute Gasteiger partial charge is 0.462 e. The van der Waals surface area contributed by atoms with E-state index >= 15 is 0 Å². The van der Waals surface area contributed by atoms with Crippen LogP contribution in [0.5, 0.6) is 0 Å². The van der Waals surface area contributed by atoms with Crippen molar-refractivity contribution in [3.8, 4) is 0 Å². The molecule has 0 saturated heterocycles. The fourth-order valence-electron chi connectivity index (χ4n) is 8.06. The predicted octanol–water partition coefficient (Wildman–Crippen LogP) is 22.6. The molecule has 456 valence electrons. The van der Waals surface area contributed by atoms with Gasteiger partial charge >= 0.3 is 17.9 Å². The SMILES string of the molecule is CC/C=C\C/C=C\C/C=C\C/C=C\C/C=C\C/C=C\C/C=C\C/C=C\C/C=C\C/C=C\CCCCC(=O)OCC(COC(=O)CCCCCCCCCC)OC(=O)CCCCCC/C=C\C/C=C\C/C=C\C/C=C\C/C=C\C/C=C\CC. The van der Waals surface area contributed by atoms with Gasteiger partial charge in [0.2, 0.25) is 0 Å². The molecule has 0 rings (SSSR count). The molecule has 0 amide bonds. The summed E-state index contributed by atoms with van der Waals surface area (Å²) in [6.07, 6.45) is 103. The van der Waals surface area contributed by atoms with Crippen LogP contribution >= 0.6 is 0 Å². The number of esters is 3. The van der Waals surface area contributed by atoms with Gasteiger partial charge in [-0.25, -0.2) is 0 Å². The lowest BCUT2D eigenvalue weighted by atomic mass is 10.1. The highest BCUT2D eigenvalue weighted by molar-refractivity contribution is 5.71. The van der Waals surface area contributed by atoms with Gasteiger partial charge < -0.3 is 14.2 Å². The van der Waals surface area contributed by atoms with Gasteiger partial charge in [0, 0.05) is 19.3 Å². The fourth-order valence-corrected chi connectivity index (χ4v) is 8.06. The zero-order valence-electron chi connectivity index (χ0n) is 52.2. The van der Waals surface area contributed by atoms with Crippen LogP contribution in [0, 0.1) is 0 Å². The number of carbonyl (C=O) groups excluding carboxylic acids is 3. The number of rotatable bonds is 56. The van der Waals surface area contributed by atoms with Gasteiger partial charge in [-0.2, -0.15) is 0 Å². The second kappa shape index (κ2) is 67.8. The van der Waals surface area contributed by atoms with Gasteiger partial charge in [0.1, 0.15) is 13.2 Å². The molecular formula is C76H116O6. The first-order valence-electron chi connectivity index (χ1n) is 32.4. The van der Waals surface area contributed by atoms with Gasteiger partial charge in [0.25, 0.3) is 0 Å². The number of allylic oxidation sites excluding steroid dienone is 32. The third-order valence-corrected chi connectivity index (χ3v) is 12.8. The van der Waals surface area contributed by atoms with Crippen LogP contribution in [0.1, 0.15) is 245 Å². The lowest BCUT2D eigenvalue weighted by Crippen LogP contribution is -2.30. The van der Waals surface area contributed by atoms with Crippen LogP contribution < -0.4 is 0 Å². The third-order valence-electron chi connectivity index (χ3n) is 12.8. The molecule has 0 aromatic heterocycles. The van der Waals surface area contributed by atoms with Crippen molar-refractivity contribution >= 4 is 17.9 Å². The van der Waals surface area contributed by atoms with Gasteiger partial charge in [0.05, 0.1) is 0 Å². The molecule has 0 radical (unpaired) electrons. The summed E-state index contributed by atoms with van der Waals surface area (Å²) in [4.78, 5) is 38.1. The molecular weight excluding hydrogens is 1010 g/mol. The highest BCUT2D eigenvalue weighted by Crippen LogP contribution is 2.13. The highest BCUT2D eigenvalue weighted by atomic mass is 16.6. The lowest BCUT2D eigenvalue weighted by molar-refractivity contribution is -0.167. The predicted molar refractivity (Wildman–Crippen MR) is 357 cm³/mol. The van der Waals surface area contributed by atoms with Gasteiger partial charge in [-0.15, -0.1) is 0 Å². The molecule has 0 aromatic rings. The minimum Gasteiger partial charge on any atom is -0.462 e. The average molecular weight is 1130 g/mol. The Balaban J connectivity index is 4.36. The first-order chi connectivity index (χ1) is 40.5. The molecule has 1 unspecified atom stereocenters. The molecule has 0 N–H and O–H groups in total. The second-order valence-corrected chi connectivity index (χ2v) is 20.6. The van der Waals surface area contributed by atoms with Gasteiger partial charge in [-0.05, 0) is 148 Å². The first-order valence-corrected chi connectivity index (χ1v) is 32.4. The minimum absolute atomic E-state index is 0.111. The van der Waals surface area contributed by atoms with Crippen molar-refractivity contribution in [3.63, 3.8) is 0 Å². The van der Waals surface area contributed by atoms with Crippen LogP contribution in [0.15, 0.2) is 194 Å². The first kappa shape index (κ1) is 76.2. The molecule has 0 aromatic carbocycles. The Kier molecular flexibility index (Phi) is 63.0. The van der Waals surface area contributed by atoms with E-state index in [1.54, 1.807) is 0 Å². The van der Waals surface area contributed by atoms with Crippen LogP contribution in [0.2, 0.25) is 0 Å². The van der Waals surface area contributed by atoms with E-state index in [1.807, 2.05) is 0 Å². The summed E-state index contributed by atoms with van der Waals surface area (Å²) in [6.45, 7) is 6.30. The maximum atomic E-state index is 12.9. The maximum Gasteiger partial charge on any atom is 0.306 e. The lowest BCUT2D eigenvalue weighted by Gasteiger charge is -2.18. The van der Waals surface area contributed by atoms with E-state index in [2.05, 4.69) is 215 Å². The molecule has 6 nitrogen and oxygen atoms in total. The molecule has 0 spiro atoms. The number of carbonyl (C=O) groups is 3. The van der Waals surface area contributed by atoms with Crippen molar-refractivity contribution in [1.82, 2.24) is 0 Å². The second-order valence-electron chi connectivity index (χ2n) is 20.6. The molecule has 0 fully saturated rings. The van der Waals surface area contributed by atoms with Crippen LogP contribution in [-0.4, -0.2) is 37.2 Å². The van der Waals surface area contributed by atoms with Crippen molar-refractivity contribution in [2.75, 3.05) is 13.2 Å². The van der Waals surface area contributed by atoms with Crippen molar-refractivity contribution in [1.29, 1.82) is 0 Å². The van der Waals surface area contributed by atoms with Crippen molar-refractivity contribution in [2.45, 2.75) is 252 Å². The Morgan fingerprint density at radius 2 is 0.476 bits per heavy atom. The molecule has 0 bridgehead atoms. The van der Waals surface area contributed by atoms with Crippen LogP contribution in [0.25, 0.3) is 0 Å². The molecule has 6 heteroatoms. The summed E-state index contributed by atoms with van der Waals surface area (Å²) in [5.41, 5.74) is 0. The zero-order valence-corrected chi connectivity index (χ0v) is 52.2. The Morgan fingerprint density at radius 1 is 0.256 bits per heavy atom. The van der Waals surface area contributed by atoms with Crippen molar-refractivity contribution < 1.29 is 28.6 Å². The third kappa shape index (κ3) is 65.1. The standard InChI is InChI=1S/C76H116O6/c1-4-7-10-13-16-19-21-23-25-27-29-31-33-34-35-36-37-38-39-40-41-42-44-45-47-49-51-53-55-57-60-63-66-69-75(78)81-72-73(71-80-74(77)68-65-62-59-18-15-12-9-6-3)82-76(79)70-67-64-61-58-56-54-52-50-48-46-43-32-30-28-26-24-22-20-17-14-11-8-5-2/h7-8,10-11,16-17,19-20,23-26,29-32,34-35,37-38,40-41,44-46,48-49,51-52,54-55,57,73H,4-6,9,12-15,18,21-22,27-28,33,36,39,42-43,47,50,53,56,58-72H2,1-3H3/b10-7-,11-8-,19-16-,20-17-,25-23-,26-24-,31-29-,32-30-,35-34-,38-37-,41-40-,45-44-,48-46-,51-49-,54-52-,57-55-. The van der Waals surface area contributed by atoms with Crippen LogP contribution in [0.4, 0.5) is 0 Å².